The lowest BCUT2D eigenvalue weighted by atomic mass is 10.1. The number of hydrogen-bond donors (Lipinski definition) is 2. The molecule has 0 bridgehead atoms. The van der Waals surface area contributed by atoms with E-state index in [-0.39, 0.29) is 6.04 Å². The maximum Gasteiger partial charge on any atom is 0.0693 e. The van der Waals surface area contributed by atoms with Crippen molar-refractivity contribution >= 4 is 44.8 Å². The van der Waals surface area contributed by atoms with Gasteiger partial charge in [-0.1, -0.05) is 45.7 Å². The summed E-state index contributed by atoms with van der Waals surface area (Å²) in [7, 11) is 0. The minimum absolute atomic E-state index is 0.130. The number of nitrogens with one attached hydrogen (secondary N) is 1. The van der Waals surface area contributed by atoms with E-state index < -0.39 is 0 Å². The molecule has 0 saturated carbocycles. The summed E-state index contributed by atoms with van der Waals surface area (Å²) in [6.45, 7) is 6.46. The van der Waals surface area contributed by atoms with E-state index in [2.05, 4.69) is 27.8 Å². The number of rotatable bonds is 4. The molecule has 0 radical (unpaired) electrons. The molecule has 0 saturated heterocycles. The number of nitrogen functional groups attached to an aromatic ring is 1. The van der Waals surface area contributed by atoms with Crippen LogP contribution in [0.5, 0.6) is 0 Å². The molecule has 3 N–H and O–H groups in total. The first-order valence-electron chi connectivity index (χ1n) is 4.73. The fraction of sp³-hybridized carbons (Fsp3) is 0.273. The molecule has 0 amide bonds. The SMILES string of the molecule is C=C(Br)CNC(C)c1cc(Cl)c(N)c(Cl)c1. The van der Waals surface area contributed by atoms with E-state index in [0.29, 0.717) is 22.3 Å². The van der Waals surface area contributed by atoms with Crippen molar-refractivity contribution in [3.05, 3.63) is 38.8 Å². The first-order valence-corrected chi connectivity index (χ1v) is 6.27. The molecular formula is C11H13BrCl2N2. The molecule has 1 aromatic rings. The van der Waals surface area contributed by atoms with Crippen LogP contribution < -0.4 is 11.1 Å². The molecule has 2 nitrogen and oxygen atoms in total. The molecule has 1 aromatic carbocycles. The second-order valence-corrected chi connectivity index (χ2v) is 5.45. The first kappa shape index (κ1) is 13.8. The molecule has 0 aromatic heterocycles. The van der Waals surface area contributed by atoms with E-state index in [1.807, 2.05) is 19.1 Å². The quantitative estimate of drug-likeness (QED) is 0.817. The Hall–Kier alpha value is -0.220. The third-order valence-electron chi connectivity index (χ3n) is 2.20. The summed E-state index contributed by atoms with van der Waals surface area (Å²) in [6.07, 6.45) is 0. The minimum Gasteiger partial charge on any atom is -0.396 e. The zero-order valence-corrected chi connectivity index (χ0v) is 12.0. The fourth-order valence-corrected chi connectivity index (χ4v) is 1.90. The van der Waals surface area contributed by atoms with Gasteiger partial charge in [-0.2, -0.15) is 0 Å². The Morgan fingerprint density at radius 2 is 2.00 bits per heavy atom. The smallest absolute Gasteiger partial charge is 0.0693 e. The van der Waals surface area contributed by atoms with Gasteiger partial charge in [0.25, 0.3) is 0 Å². The van der Waals surface area contributed by atoms with Gasteiger partial charge >= 0.3 is 0 Å². The summed E-state index contributed by atoms with van der Waals surface area (Å²) in [5, 5.41) is 4.23. The van der Waals surface area contributed by atoms with Gasteiger partial charge in [0.1, 0.15) is 0 Å². The molecule has 1 unspecified atom stereocenters. The van der Waals surface area contributed by atoms with Crippen LogP contribution in [0.3, 0.4) is 0 Å². The molecule has 0 aliphatic heterocycles. The Kier molecular flexibility index (Phi) is 5.12. The van der Waals surface area contributed by atoms with Gasteiger partial charge in [0.15, 0.2) is 0 Å². The number of benzene rings is 1. The highest BCUT2D eigenvalue weighted by molar-refractivity contribution is 9.11. The van der Waals surface area contributed by atoms with Gasteiger partial charge in [-0.05, 0) is 24.6 Å². The average Bonchev–Trinajstić information content (AvgIpc) is 2.21. The van der Waals surface area contributed by atoms with Crippen molar-refractivity contribution < 1.29 is 0 Å². The normalized spacial score (nSPS) is 12.5. The van der Waals surface area contributed by atoms with Crippen molar-refractivity contribution in [1.82, 2.24) is 5.32 Å². The average molecular weight is 324 g/mol. The van der Waals surface area contributed by atoms with Gasteiger partial charge in [-0.3, -0.25) is 0 Å². The van der Waals surface area contributed by atoms with E-state index >= 15 is 0 Å². The highest BCUT2D eigenvalue weighted by Gasteiger charge is 2.10. The molecule has 1 atom stereocenters. The van der Waals surface area contributed by atoms with Crippen molar-refractivity contribution in [3.8, 4) is 0 Å². The number of nitrogens with two attached hydrogens (primary N) is 1. The van der Waals surface area contributed by atoms with E-state index in [1.165, 1.54) is 0 Å². The molecule has 16 heavy (non-hydrogen) atoms. The maximum atomic E-state index is 5.96. The first-order chi connectivity index (χ1) is 7.41. The van der Waals surface area contributed by atoms with Gasteiger partial charge in [0, 0.05) is 17.1 Å². The van der Waals surface area contributed by atoms with Crippen LogP contribution >= 0.6 is 39.1 Å². The van der Waals surface area contributed by atoms with Crippen molar-refractivity contribution in [2.24, 2.45) is 0 Å². The van der Waals surface area contributed by atoms with Gasteiger partial charge in [0.2, 0.25) is 0 Å². The van der Waals surface area contributed by atoms with Crippen molar-refractivity contribution in [2.75, 3.05) is 12.3 Å². The van der Waals surface area contributed by atoms with Crippen molar-refractivity contribution in [3.63, 3.8) is 0 Å². The molecule has 0 spiro atoms. The zero-order chi connectivity index (χ0) is 12.3. The molecule has 0 aliphatic rings. The molecule has 0 aliphatic carbocycles. The van der Waals surface area contributed by atoms with Gasteiger partial charge < -0.3 is 11.1 Å². The maximum absolute atomic E-state index is 5.96. The second kappa shape index (κ2) is 5.92. The predicted octanol–water partition coefficient (Wildman–Crippen LogP) is 4.13. The highest BCUT2D eigenvalue weighted by atomic mass is 79.9. The van der Waals surface area contributed by atoms with E-state index in [4.69, 9.17) is 28.9 Å². The van der Waals surface area contributed by atoms with E-state index in [9.17, 15) is 0 Å². The zero-order valence-electron chi connectivity index (χ0n) is 8.86. The molecule has 1 rings (SSSR count). The number of halogens is 3. The monoisotopic (exact) mass is 322 g/mol. The van der Waals surface area contributed by atoms with Crippen LogP contribution in [0.15, 0.2) is 23.2 Å². The Morgan fingerprint density at radius 3 is 2.44 bits per heavy atom. The van der Waals surface area contributed by atoms with Crippen molar-refractivity contribution in [1.29, 1.82) is 0 Å². The third kappa shape index (κ3) is 3.67. The topological polar surface area (TPSA) is 38.0 Å². The fourth-order valence-electron chi connectivity index (χ4n) is 1.24. The lowest BCUT2D eigenvalue weighted by molar-refractivity contribution is 0.616. The van der Waals surface area contributed by atoms with Gasteiger partial charge in [0.05, 0.1) is 15.7 Å². The Labute approximate surface area is 114 Å². The lowest BCUT2D eigenvalue weighted by Crippen LogP contribution is -2.19. The summed E-state index contributed by atoms with van der Waals surface area (Å²) >= 11 is 15.2. The minimum atomic E-state index is 0.130. The van der Waals surface area contributed by atoms with Crippen LogP contribution in [0.25, 0.3) is 0 Å². The predicted molar refractivity (Wildman–Crippen MR) is 75.4 cm³/mol. The summed E-state index contributed by atoms with van der Waals surface area (Å²) in [5.41, 5.74) is 7.09. The van der Waals surface area contributed by atoms with Crippen LogP contribution in [0.4, 0.5) is 5.69 Å². The molecule has 0 heterocycles. The number of anilines is 1. The molecule has 0 fully saturated rings. The molecule has 5 heteroatoms. The van der Waals surface area contributed by atoms with Crippen LogP contribution in [-0.4, -0.2) is 6.54 Å². The number of hydrogen-bond acceptors (Lipinski definition) is 2. The van der Waals surface area contributed by atoms with Crippen molar-refractivity contribution in [2.45, 2.75) is 13.0 Å². The Balaban J connectivity index is 2.84. The lowest BCUT2D eigenvalue weighted by Gasteiger charge is -2.15. The van der Waals surface area contributed by atoms with E-state index in [1.54, 1.807) is 0 Å². The molecule has 88 valence electrons. The van der Waals surface area contributed by atoms with E-state index in [0.717, 1.165) is 10.0 Å². The van der Waals surface area contributed by atoms with Crippen LogP contribution in [0, 0.1) is 0 Å². The Bertz CT molecular complexity index is 384. The van der Waals surface area contributed by atoms with Crippen LogP contribution in [0.2, 0.25) is 10.0 Å². The van der Waals surface area contributed by atoms with Gasteiger partial charge in [-0.15, -0.1) is 0 Å². The van der Waals surface area contributed by atoms with Gasteiger partial charge in [-0.25, -0.2) is 0 Å². The third-order valence-corrected chi connectivity index (χ3v) is 3.11. The Morgan fingerprint density at radius 1 is 1.50 bits per heavy atom. The van der Waals surface area contributed by atoms with Crippen LogP contribution in [0.1, 0.15) is 18.5 Å². The standard InChI is InChI=1S/C11H13BrCl2N2/c1-6(12)5-16-7(2)8-3-9(13)11(15)10(14)4-8/h3-4,7,16H,1,5,15H2,2H3. The summed E-state index contributed by atoms with van der Waals surface area (Å²) in [6, 6.07) is 3.76. The summed E-state index contributed by atoms with van der Waals surface area (Å²) in [4.78, 5) is 0. The highest BCUT2D eigenvalue weighted by Crippen LogP contribution is 2.31. The second-order valence-electron chi connectivity index (χ2n) is 3.52. The molecular weight excluding hydrogens is 311 g/mol. The van der Waals surface area contributed by atoms with Crippen LogP contribution in [-0.2, 0) is 0 Å². The summed E-state index contributed by atoms with van der Waals surface area (Å²) < 4.78 is 0.895. The summed E-state index contributed by atoms with van der Waals surface area (Å²) in [5.74, 6) is 0. The largest absolute Gasteiger partial charge is 0.396 e.